The number of carbonyl (C=O) groups excluding carboxylic acids is 3. The largest absolute Gasteiger partial charge is 0.508 e. The summed E-state index contributed by atoms with van der Waals surface area (Å²) in [5.74, 6) is -1.36. The average Bonchev–Trinajstić information content (AvgIpc) is 2.55. The van der Waals surface area contributed by atoms with Crippen LogP contribution in [-0.2, 0) is 9.59 Å². The number of hydrogen-bond acceptors (Lipinski definition) is 4. The van der Waals surface area contributed by atoms with Gasteiger partial charge in [-0.2, -0.15) is 0 Å². The summed E-state index contributed by atoms with van der Waals surface area (Å²) in [6.45, 7) is 3.71. The number of anilines is 1. The number of carbonyl (C=O) groups is 3. The molecule has 126 valence electrons. The zero-order valence-electron chi connectivity index (χ0n) is 13.7. The lowest BCUT2D eigenvalue weighted by molar-refractivity contribution is -0.122. The maximum absolute atomic E-state index is 12.8. The minimum Gasteiger partial charge on any atom is -0.508 e. The first-order valence-corrected chi connectivity index (χ1v) is 7.64. The summed E-state index contributed by atoms with van der Waals surface area (Å²) in [5.41, 5.74) is 2.59. The molecule has 2 aromatic carbocycles. The number of nitrogens with one attached hydrogen (secondary N) is 1. The maximum atomic E-state index is 12.8. The number of urea groups is 1. The van der Waals surface area contributed by atoms with Crippen LogP contribution in [0.5, 0.6) is 5.75 Å². The van der Waals surface area contributed by atoms with Gasteiger partial charge in [0.1, 0.15) is 11.3 Å². The summed E-state index contributed by atoms with van der Waals surface area (Å²) in [6.07, 6.45) is 1.39. The SMILES string of the molecule is Cc1ccc(N2C(=O)NC(=O)/C(=C\c3ccc(O)cc3)C2=O)c(C)c1. The van der Waals surface area contributed by atoms with Crippen molar-refractivity contribution in [2.24, 2.45) is 0 Å². The van der Waals surface area contributed by atoms with Gasteiger partial charge in [-0.1, -0.05) is 29.8 Å². The van der Waals surface area contributed by atoms with Crippen LogP contribution in [0.2, 0.25) is 0 Å². The van der Waals surface area contributed by atoms with Crippen LogP contribution in [0.3, 0.4) is 0 Å². The Labute approximate surface area is 144 Å². The third-order valence-corrected chi connectivity index (χ3v) is 3.90. The number of hydrogen-bond donors (Lipinski definition) is 2. The quantitative estimate of drug-likeness (QED) is 0.652. The smallest absolute Gasteiger partial charge is 0.335 e. The number of aromatic hydroxyl groups is 1. The van der Waals surface area contributed by atoms with Gasteiger partial charge >= 0.3 is 6.03 Å². The molecule has 1 saturated heterocycles. The molecule has 0 spiro atoms. The normalized spacial score (nSPS) is 16.3. The molecule has 6 nitrogen and oxygen atoms in total. The molecule has 0 aromatic heterocycles. The van der Waals surface area contributed by atoms with Gasteiger partial charge in [-0.15, -0.1) is 0 Å². The van der Waals surface area contributed by atoms with E-state index in [1.807, 2.05) is 13.0 Å². The summed E-state index contributed by atoms with van der Waals surface area (Å²) in [6, 6.07) is 10.6. The van der Waals surface area contributed by atoms with E-state index in [4.69, 9.17) is 0 Å². The van der Waals surface area contributed by atoms with Gasteiger partial charge in [0.2, 0.25) is 0 Å². The van der Waals surface area contributed by atoms with E-state index in [2.05, 4.69) is 5.32 Å². The minimum absolute atomic E-state index is 0.0775. The van der Waals surface area contributed by atoms with Gasteiger partial charge in [-0.25, -0.2) is 9.69 Å². The Balaban J connectivity index is 2.03. The highest BCUT2D eigenvalue weighted by molar-refractivity contribution is 6.39. The number of phenolic OH excluding ortho intramolecular Hbond substituents is 1. The first-order valence-electron chi connectivity index (χ1n) is 7.64. The Bertz CT molecular complexity index is 914. The van der Waals surface area contributed by atoms with Crippen molar-refractivity contribution < 1.29 is 19.5 Å². The van der Waals surface area contributed by atoms with Gasteiger partial charge in [0.05, 0.1) is 5.69 Å². The molecule has 2 aromatic rings. The monoisotopic (exact) mass is 336 g/mol. The molecule has 0 atom stereocenters. The molecule has 0 radical (unpaired) electrons. The first kappa shape index (κ1) is 16.4. The van der Waals surface area contributed by atoms with Gasteiger partial charge in [0.25, 0.3) is 11.8 Å². The number of nitrogens with zero attached hydrogens (tertiary/aromatic N) is 1. The molecule has 1 aliphatic heterocycles. The average molecular weight is 336 g/mol. The summed E-state index contributed by atoms with van der Waals surface area (Å²) >= 11 is 0. The van der Waals surface area contributed by atoms with E-state index in [9.17, 15) is 19.5 Å². The summed E-state index contributed by atoms with van der Waals surface area (Å²) in [4.78, 5) is 38.1. The number of benzene rings is 2. The lowest BCUT2D eigenvalue weighted by Gasteiger charge is -2.27. The predicted octanol–water partition coefficient (Wildman–Crippen LogP) is 2.68. The first-order chi connectivity index (χ1) is 11.9. The summed E-state index contributed by atoms with van der Waals surface area (Å²) in [5, 5.41) is 11.5. The number of aryl methyl sites for hydroxylation is 2. The zero-order valence-corrected chi connectivity index (χ0v) is 13.7. The molecule has 0 bridgehead atoms. The van der Waals surface area contributed by atoms with Crippen LogP contribution < -0.4 is 10.2 Å². The van der Waals surface area contributed by atoms with Crippen LogP contribution >= 0.6 is 0 Å². The van der Waals surface area contributed by atoms with Gasteiger partial charge in [-0.05, 0) is 49.2 Å². The standard InChI is InChI=1S/C19H16N2O4/c1-11-3-8-16(12(2)9-11)21-18(24)15(17(23)20-19(21)25)10-13-4-6-14(22)7-5-13/h3-10,22H,1-2H3,(H,20,23,25)/b15-10+. The molecule has 0 unspecified atom stereocenters. The second-order valence-corrected chi connectivity index (χ2v) is 5.84. The second kappa shape index (κ2) is 6.24. The predicted molar refractivity (Wildman–Crippen MR) is 93.0 cm³/mol. The van der Waals surface area contributed by atoms with Crippen LogP contribution in [0, 0.1) is 13.8 Å². The Kier molecular flexibility index (Phi) is 4.10. The fourth-order valence-corrected chi connectivity index (χ4v) is 2.67. The zero-order chi connectivity index (χ0) is 18.1. The van der Waals surface area contributed by atoms with E-state index < -0.39 is 17.8 Å². The third kappa shape index (κ3) is 3.14. The Morgan fingerprint density at radius 3 is 2.32 bits per heavy atom. The molecule has 2 N–H and O–H groups in total. The van der Waals surface area contributed by atoms with E-state index in [-0.39, 0.29) is 11.3 Å². The molecular weight excluding hydrogens is 320 g/mol. The number of phenols is 1. The van der Waals surface area contributed by atoms with Crippen molar-refractivity contribution in [3.63, 3.8) is 0 Å². The highest BCUT2D eigenvalue weighted by atomic mass is 16.3. The molecule has 0 saturated carbocycles. The molecule has 0 aliphatic carbocycles. The van der Waals surface area contributed by atoms with Gasteiger partial charge in [-0.3, -0.25) is 14.9 Å². The minimum atomic E-state index is -0.773. The molecule has 4 amide bonds. The Hall–Kier alpha value is -3.41. The molecule has 1 heterocycles. The molecule has 1 fully saturated rings. The number of rotatable bonds is 2. The van der Waals surface area contributed by atoms with E-state index >= 15 is 0 Å². The number of barbiturate groups is 1. The van der Waals surface area contributed by atoms with E-state index in [1.54, 1.807) is 31.2 Å². The van der Waals surface area contributed by atoms with Crippen molar-refractivity contribution in [1.29, 1.82) is 0 Å². The molecule has 3 rings (SSSR count). The second-order valence-electron chi connectivity index (χ2n) is 5.84. The van der Waals surface area contributed by atoms with Crippen molar-refractivity contribution in [3.8, 4) is 5.75 Å². The molecule has 1 aliphatic rings. The topological polar surface area (TPSA) is 86.7 Å². The van der Waals surface area contributed by atoms with Crippen LogP contribution in [0.25, 0.3) is 6.08 Å². The Morgan fingerprint density at radius 2 is 1.68 bits per heavy atom. The lowest BCUT2D eigenvalue weighted by atomic mass is 10.0. The van der Waals surface area contributed by atoms with Gasteiger partial charge in [0.15, 0.2) is 0 Å². The Morgan fingerprint density at radius 1 is 1.00 bits per heavy atom. The molecule has 6 heteroatoms. The van der Waals surface area contributed by atoms with Crippen molar-refractivity contribution >= 4 is 29.6 Å². The van der Waals surface area contributed by atoms with E-state index in [1.165, 1.54) is 18.2 Å². The van der Waals surface area contributed by atoms with Gasteiger partial charge in [0, 0.05) is 0 Å². The molecular formula is C19H16N2O4. The van der Waals surface area contributed by atoms with Crippen molar-refractivity contribution in [3.05, 3.63) is 64.7 Å². The fraction of sp³-hybridized carbons (Fsp3) is 0.105. The van der Waals surface area contributed by atoms with Crippen molar-refractivity contribution in [2.75, 3.05) is 4.90 Å². The van der Waals surface area contributed by atoms with Crippen molar-refractivity contribution in [2.45, 2.75) is 13.8 Å². The van der Waals surface area contributed by atoms with Crippen LogP contribution in [0.4, 0.5) is 10.5 Å². The van der Waals surface area contributed by atoms with Gasteiger partial charge < -0.3 is 5.11 Å². The maximum Gasteiger partial charge on any atom is 0.335 e. The summed E-state index contributed by atoms with van der Waals surface area (Å²) in [7, 11) is 0. The number of imide groups is 2. The highest BCUT2D eigenvalue weighted by Crippen LogP contribution is 2.26. The molecule has 25 heavy (non-hydrogen) atoms. The van der Waals surface area contributed by atoms with E-state index in [0.717, 1.165) is 16.0 Å². The van der Waals surface area contributed by atoms with Crippen LogP contribution in [0.1, 0.15) is 16.7 Å². The highest BCUT2D eigenvalue weighted by Gasteiger charge is 2.37. The third-order valence-electron chi connectivity index (χ3n) is 3.90. The fourth-order valence-electron chi connectivity index (χ4n) is 2.67. The van der Waals surface area contributed by atoms with Crippen LogP contribution in [-0.4, -0.2) is 23.0 Å². The van der Waals surface area contributed by atoms with E-state index in [0.29, 0.717) is 11.3 Å². The summed E-state index contributed by atoms with van der Waals surface area (Å²) < 4.78 is 0. The van der Waals surface area contributed by atoms with Crippen molar-refractivity contribution in [1.82, 2.24) is 5.32 Å². The van der Waals surface area contributed by atoms with Crippen LogP contribution in [0.15, 0.2) is 48.0 Å². The number of amides is 4. The lowest BCUT2D eigenvalue weighted by Crippen LogP contribution is -2.54.